The van der Waals surface area contributed by atoms with Crippen LogP contribution in [0.3, 0.4) is 0 Å². The Kier molecular flexibility index (Phi) is 6.96. The molecule has 0 fully saturated rings. The summed E-state index contributed by atoms with van der Waals surface area (Å²) in [5.41, 5.74) is -8.44. The Morgan fingerprint density at radius 2 is 0.816 bits per heavy atom. The van der Waals surface area contributed by atoms with E-state index in [2.05, 4.69) is 9.97 Å². The second-order valence-electron chi connectivity index (χ2n) is 7.57. The number of hydrogen-bond donors (Lipinski definition) is 0. The summed E-state index contributed by atoms with van der Waals surface area (Å²) in [6.07, 6.45) is -20.5. The highest BCUT2D eigenvalue weighted by molar-refractivity contribution is 8.76. The molecule has 0 spiro atoms. The van der Waals surface area contributed by atoms with Crippen LogP contribution in [0.25, 0.3) is 21.8 Å². The molecule has 16 heteroatoms. The van der Waals surface area contributed by atoms with Gasteiger partial charge in [0.25, 0.3) is 0 Å². The molecule has 2 heterocycles. The summed E-state index contributed by atoms with van der Waals surface area (Å²) in [7, 11) is 0.666. The number of benzene rings is 2. The molecule has 0 unspecified atom stereocenters. The third-order valence-electron chi connectivity index (χ3n) is 5.02. The lowest BCUT2D eigenvalue weighted by Crippen LogP contribution is -2.12. The van der Waals surface area contributed by atoms with Crippen molar-refractivity contribution < 1.29 is 52.7 Å². The number of rotatable bonds is 3. The lowest BCUT2D eigenvalue weighted by molar-refractivity contribution is -0.142. The minimum absolute atomic E-state index is 0.333. The van der Waals surface area contributed by atoms with Gasteiger partial charge in [0.15, 0.2) is 0 Å². The molecule has 0 bridgehead atoms. The van der Waals surface area contributed by atoms with Crippen molar-refractivity contribution in [3.05, 3.63) is 71.0 Å². The molecule has 2 aromatic carbocycles. The predicted molar refractivity (Wildman–Crippen MR) is 115 cm³/mol. The van der Waals surface area contributed by atoms with Gasteiger partial charge in [-0.1, -0.05) is 45.9 Å². The molecule has 0 aliphatic rings. The van der Waals surface area contributed by atoms with Crippen molar-refractivity contribution in [1.29, 1.82) is 0 Å². The van der Waals surface area contributed by atoms with Crippen molar-refractivity contribution in [2.75, 3.05) is 0 Å². The van der Waals surface area contributed by atoms with Crippen molar-refractivity contribution in [3.8, 4) is 0 Å². The summed E-state index contributed by atoms with van der Waals surface area (Å²) in [5, 5.41) is -0.786. The molecule has 0 aliphatic heterocycles. The second-order valence-corrected chi connectivity index (χ2v) is 9.79. The highest BCUT2D eigenvalue weighted by Crippen LogP contribution is 2.48. The third kappa shape index (κ3) is 5.60. The topological polar surface area (TPSA) is 25.8 Å². The molecule has 0 saturated carbocycles. The third-order valence-corrected chi connectivity index (χ3v) is 7.46. The first kappa shape index (κ1) is 28.1. The van der Waals surface area contributed by atoms with E-state index < -0.39 is 78.8 Å². The number of para-hydroxylation sites is 2. The van der Waals surface area contributed by atoms with Crippen LogP contribution in [0.1, 0.15) is 22.5 Å². The lowest BCUT2D eigenvalue weighted by Gasteiger charge is -2.16. The van der Waals surface area contributed by atoms with Crippen LogP contribution in [0.4, 0.5) is 52.7 Å². The molecule has 4 rings (SSSR count). The maximum absolute atomic E-state index is 13.5. The van der Waals surface area contributed by atoms with Crippen molar-refractivity contribution in [1.82, 2.24) is 9.97 Å². The number of aromatic nitrogens is 2. The standard InChI is InChI=1S/C22H8F12N2S2/c23-19(24,25)11-5-1-3-9-13(7-15(21(29,30)31)35-17(9)11)37-38-14-8-16(22(32,33)34)36-18-10(14)4-2-6-12(18)20(26,27)28/h1-8H. The molecule has 0 saturated heterocycles. The van der Waals surface area contributed by atoms with Gasteiger partial charge in [-0.15, -0.1) is 0 Å². The fourth-order valence-corrected chi connectivity index (χ4v) is 5.78. The van der Waals surface area contributed by atoms with Crippen molar-refractivity contribution in [3.63, 3.8) is 0 Å². The fourth-order valence-electron chi connectivity index (χ4n) is 3.41. The van der Waals surface area contributed by atoms with Crippen molar-refractivity contribution in [2.24, 2.45) is 0 Å². The lowest BCUT2D eigenvalue weighted by atomic mass is 10.1. The number of fused-ring (bicyclic) bond motifs is 2. The molecule has 2 nitrogen and oxygen atoms in total. The predicted octanol–water partition coefficient (Wildman–Crippen LogP) is 9.66. The quantitative estimate of drug-likeness (QED) is 0.175. The van der Waals surface area contributed by atoms with Gasteiger partial charge in [0.1, 0.15) is 11.4 Å². The Labute approximate surface area is 211 Å². The zero-order valence-electron chi connectivity index (χ0n) is 17.9. The van der Waals surface area contributed by atoms with Crippen LogP contribution in [0.5, 0.6) is 0 Å². The molecule has 0 radical (unpaired) electrons. The van der Waals surface area contributed by atoms with Crippen LogP contribution in [-0.2, 0) is 24.7 Å². The van der Waals surface area contributed by atoms with Gasteiger partial charge in [-0.3, -0.25) is 0 Å². The van der Waals surface area contributed by atoms with Gasteiger partial charge in [-0.25, -0.2) is 9.97 Å². The van der Waals surface area contributed by atoms with E-state index in [9.17, 15) is 52.7 Å². The van der Waals surface area contributed by atoms with Gasteiger partial charge in [0.2, 0.25) is 0 Å². The van der Waals surface area contributed by atoms with Crippen molar-refractivity contribution in [2.45, 2.75) is 34.5 Å². The molecule has 4 aromatic rings. The Morgan fingerprint density at radius 1 is 0.474 bits per heavy atom. The van der Waals surface area contributed by atoms with Crippen LogP contribution >= 0.6 is 21.6 Å². The maximum atomic E-state index is 13.5. The first-order chi connectivity index (χ1) is 17.4. The first-order valence-electron chi connectivity index (χ1n) is 9.88. The Bertz CT molecular complexity index is 1410. The average Bonchev–Trinajstić information content (AvgIpc) is 2.78. The molecule has 202 valence electrons. The van der Waals surface area contributed by atoms with E-state index >= 15 is 0 Å². The molecule has 0 aliphatic carbocycles. The number of alkyl halides is 12. The Hall–Kier alpha value is -2.88. The average molecular weight is 592 g/mol. The summed E-state index contributed by atoms with van der Waals surface area (Å²) in [5.74, 6) is 0. The van der Waals surface area contributed by atoms with Crippen LogP contribution in [0, 0.1) is 0 Å². The van der Waals surface area contributed by atoms with E-state index in [-0.39, 0.29) is 0 Å². The number of halogens is 12. The van der Waals surface area contributed by atoms with E-state index in [0.29, 0.717) is 45.9 Å². The van der Waals surface area contributed by atoms with E-state index in [0.717, 1.165) is 24.3 Å². The normalized spacial score (nSPS) is 13.5. The summed E-state index contributed by atoms with van der Waals surface area (Å²) < 4.78 is 161. The summed E-state index contributed by atoms with van der Waals surface area (Å²) in [6, 6.07) is 5.75. The molecule has 38 heavy (non-hydrogen) atoms. The van der Waals surface area contributed by atoms with Crippen LogP contribution < -0.4 is 0 Å². The highest BCUT2D eigenvalue weighted by atomic mass is 33.1. The van der Waals surface area contributed by atoms with E-state index in [1.165, 1.54) is 0 Å². The Morgan fingerprint density at radius 3 is 1.11 bits per heavy atom. The van der Waals surface area contributed by atoms with Gasteiger partial charge < -0.3 is 0 Å². The van der Waals surface area contributed by atoms with Crippen molar-refractivity contribution >= 4 is 43.4 Å². The minimum Gasteiger partial charge on any atom is -0.243 e. The summed E-state index contributed by atoms with van der Waals surface area (Å²) in [6.45, 7) is 0. The van der Waals surface area contributed by atoms with Gasteiger partial charge >= 0.3 is 24.7 Å². The number of pyridine rings is 2. The molecular weight excluding hydrogens is 584 g/mol. The summed E-state index contributed by atoms with van der Waals surface area (Å²) in [4.78, 5) is 5.31. The van der Waals surface area contributed by atoms with Gasteiger partial charge in [0.05, 0.1) is 22.2 Å². The van der Waals surface area contributed by atoms with Gasteiger partial charge in [0, 0.05) is 20.6 Å². The molecule has 2 aromatic heterocycles. The smallest absolute Gasteiger partial charge is 0.243 e. The van der Waals surface area contributed by atoms with Gasteiger partial charge in [-0.05, 0) is 24.3 Å². The maximum Gasteiger partial charge on any atom is 0.433 e. The Balaban J connectivity index is 1.91. The minimum atomic E-state index is -5.18. The van der Waals surface area contributed by atoms with Gasteiger partial charge in [-0.2, -0.15) is 52.7 Å². The molecular formula is C22H8F12N2S2. The number of hydrogen-bond acceptors (Lipinski definition) is 4. The molecule has 0 N–H and O–H groups in total. The second kappa shape index (κ2) is 9.39. The fraction of sp³-hybridized carbons (Fsp3) is 0.182. The monoisotopic (exact) mass is 592 g/mol. The summed E-state index contributed by atoms with van der Waals surface area (Å²) >= 11 is 0. The van der Waals surface area contributed by atoms with E-state index in [1.54, 1.807) is 0 Å². The van der Waals surface area contributed by atoms with Crippen LogP contribution in [-0.4, -0.2) is 9.97 Å². The zero-order chi connectivity index (χ0) is 28.3. The molecule has 0 amide bonds. The zero-order valence-corrected chi connectivity index (χ0v) is 19.5. The first-order valence-corrected chi connectivity index (χ1v) is 12.0. The number of nitrogens with zero attached hydrogens (tertiary/aromatic N) is 2. The van der Waals surface area contributed by atoms with E-state index in [1.807, 2.05) is 0 Å². The van der Waals surface area contributed by atoms with Crippen LogP contribution in [0.15, 0.2) is 58.3 Å². The molecule has 0 atom stereocenters. The van der Waals surface area contributed by atoms with Crippen LogP contribution in [0.2, 0.25) is 0 Å². The highest BCUT2D eigenvalue weighted by Gasteiger charge is 2.39. The SMILES string of the molecule is FC(F)(F)c1cc(SSc2cc(C(F)(F)F)nc3c(C(F)(F)F)cccc23)c2cccc(C(F)(F)F)c2n1. The largest absolute Gasteiger partial charge is 0.433 e. The van der Waals surface area contributed by atoms with E-state index in [4.69, 9.17) is 0 Å².